The molecule has 5 heteroatoms. The molecule has 0 heterocycles. The molecule has 0 saturated heterocycles. The molecule has 0 spiro atoms. The third-order valence-corrected chi connectivity index (χ3v) is 2.05. The Labute approximate surface area is 108 Å². The summed E-state index contributed by atoms with van der Waals surface area (Å²) in [6.07, 6.45) is 0.782. The fraction of sp³-hybridized carbons (Fsp3) is 0.364. The van der Waals surface area contributed by atoms with E-state index in [9.17, 15) is 13.6 Å². The van der Waals surface area contributed by atoms with E-state index in [1.54, 1.807) is 6.92 Å². The first-order valence-electron chi connectivity index (χ1n) is 4.84. The second kappa shape index (κ2) is 7.52. The van der Waals surface area contributed by atoms with Gasteiger partial charge in [-0.05, 0) is 18.1 Å². The Balaban J connectivity index is 0.00000225. The molecule has 0 unspecified atom stereocenters. The molecule has 0 saturated carbocycles. The third kappa shape index (κ3) is 4.86. The van der Waals surface area contributed by atoms with Crippen LogP contribution in [0.5, 0.6) is 0 Å². The van der Waals surface area contributed by atoms with Crippen molar-refractivity contribution in [2.45, 2.75) is 19.8 Å². The van der Waals surface area contributed by atoms with Gasteiger partial charge in [-0.25, -0.2) is 8.78 Å². The van der Waals surface area contributed by atoms with Gasteiger partial charge in [-0.2, -0.15) is 0 Å². The number of amides is 1. The Morgan fingerprint density at radius 2 is 2.06 bits per heavy atom. The number of carbonyl (C=O) groups excluding carboxylic acids is 1. The van der Waals surface area contributed by atoms with Crippen molar-refractivity contribution in [3.8, 4) is 0 Å². The minimum atomic E-state index is -0.589. The van der Waals surface area contributed by atoms with Crippen molar-refractivity contribution in [3.05, 3.63) is 35.4 Å². The predicted octanol–water partition coefficient (Wildman–Crippen LogP) is 2.03. The van der Waals surface area contributed by atoms with Gasteiger partial charge in [0.1, 0.15) is 11.6 Å². The van der Waals surface area contributed by atoms with Crippen molar-refractivity contribution in [1.29, 1.82) is 0 Å². The maximum Gasteiger partial charge on any atom is 0.219 e. The molecule has 0 aliphatic heterocycles. The molecule has 86 valence electrons. The fourth-order valence-corrected chi connectivity index (χ4v) is 1.19. The van der Waals surface area contributed by atoms with Gasteiger partial charge in [-0.15, -0.1) is 0 Å². The summed E-state index contributed by atoms with van der Waals surface area (Å²) in [5.41, 5.74) is 0.410. The monoisotopic (exact) mass is 261 g/mol. The summed E-state index contributed by atoms with van der Waals surface area (Å²) in [5, 5.41) is 2.62. The maximum absolute atomic E-state index is 13.1. The van der Waals surface area contributed by atoms with Crippen molar-refractivity contribution in [2.24, 2.45) is 0 Å². The molecule has 1 amide bonds. The first-order chi connectivity index (χ1) is 7.13. The van der Waals surface area contributed by atoms with Gasteiger partial charge in [-0.1, -0.05) is 13.0 Å². The van der Waals surface area contributed by atoms with Crippen LogP contribution in [-0.2, 0) is 32.9 Å². The van der Waals surface area contributed by atoms with E-state index in [2.05, 4.69) is 5.32 Å². The second-order valence-corrected chi connectivity index (χ2v) is 3.19. The van der Waals surface area contributed by atoms with Gasteiger partial charge in [0.25, 0.3) is 0 Å². The summed E-state index contributed by atoms with van der Waals surface area (Å²) in [5.74, 6) is -1.23. The Hall–Kier alpha value is -0.736. The first-order valence-corrected chi connectivity index (χ1v) is 4.84. The van der Waals surface area contributed by atoms with Crippen molar-refractivity contribution in [3.63, 3.8) is 0 Å². The summed E-state index contributed by atoms with van der Waals surface area (Å²) >= 11 is 0. The van der Waals surface area contributed by atoms with Crippen LogP contribution in [0.25, 0.3) is 0 Å². The van der Waals surface area contributed by atoms with E-state index in [0.717, 1.165) is 6.07 Å². The smallest absolute Gasteiger partial charge is 0.219 e. The van der Waals surface area contributed by atoms with Crippen LogP contribution in [0.15, 0.2) is 18.2 Å². The molecule has 1 rings (SSSR count). The second-order valence-electron chi connectivity index (χ2n) is 3.19. The molecular weight excluding hydrogens is 248 g/mol. The van der Waals surface area contributed by atoms with Crippen LogP contribution >= 0.6 is 0 Å². The number of hydrogen-bond donors (Lipinski definition) is 1. The molecule has 2 nitrogen and oxygen atoms in total. The van der Waals surface area contributed by atoms with Crippen LogP contribution in [-0.4, -0.2) is 12.5 Å². The average Bonchev–Trinajstić information content (AvgIpc) is 2.21. The van der Waals surface area contributed by atoms with Crippen molar-refractivity contribution >= 4 is 5.91 Å². The summed E-state index contributed by atoms with van der Waals surface area (Å²) in [4.78, 5) is 10.9. The zero-order chi connectivity index (χ0) is 11.3. The van der Waals surface area contributed by atoms with Gasteiger partial charge >= 0.3 is 0 Å². The van der Waals surface area contributed by atoms with E-state index >= 15 is 0 Å². The Bertz CT molecular complexity index is 358. The van der Waals surface area contributed by atoms with Crippen LogP contribution in [0.1, 0.15) is 18.9 Å². The maximum atomic E-state index is 13.1. The van der Waals surface area contributed by atoms with E-state index in [1.807, 2.05) is 0 Å². The number of rotatable bonds is 4. The minimum Gasteiger partial charge on any atom is -0.356 e. The number of benzene rings is 1. The molecular formula is C11H13F2NOTi. The van der Waals surface area contributed by atoms with Crippen molar-refractivity contribution in [2.75, 3.05) is 6.54 Å². The molecule has 1 aromatic rings. The van der Waals surface area contributed by atoms with Crippen LogP contribution < -0.4 is 5.32 Å². The van der Waals surface area contributed by atoms with Gasteiger partial charge in [0.2, 0.25) is 5.91 Å². The molecule has 0 bridgehead atoms. The SMILES string of the molecule is CCC(=O)NCCc1ccc(F)cc1F.[Ti]. The van der Waals surface area contributed by atoms with E-state index in [4.69, 9.17) is 0 Å². The Kier molecular flexibility index (Phi) is 7.18. The summed E-state index contributed by atoms with van der Waals surface area (Å²) in [6, 6.07) is 3.44. The van der Waals surface area contributed by atoms with Crippen molar-refractivity contribution < 1.29 is 35.3 Å². The zero-order valence-electron chi connectivity index (χ0n) is 9.02. The number of halogens is 2. The molecule has 1 N–H and O–H groups in total. The molecule has 16 heavy (non-hydrogen) atoms. The van der Waals surface area contributed by atoms with Crippen molar-refractivity contribution in [1.82, 2.24) is 5.32 Å². The number of hydrogen-bond acceptors (Lipinski definition) is 1. The predicted molar refractivity (Wildman–Crippen MR) is 53.4 cm³/mol. The molecule has 0 atom stereocenters. The Morgan fingerprint density at radius 3 is 2.62 bits per heavy atom. The van der Waals surface area contributed by atoms with Gasteiger partial charge in [0.15, 0.2) is 0 Å². The van der Waals surface area contributed by atoms with Gasteiger partial charge < -0.3 is 5.32 Å². The standard InChI is InChI=1S/C11H13F2NO.Ti/c1-2-11(15)14-6-5-8-3-4-9(12)7-10(8)13;/h3-4,7H,2,5-6H2,1H3,(H,14,15);. The normalized spacial score (nSPS) is 9.44. The summed E-state index contributed by atoms with van der Waals surface area (Å²) in [7, 11) is 0. The Morgan fingerprint density at radius 1 is 1.38 bits per heavy atom. The molecule has 0 aliphatic rings. The fourth-order valence-electron chi connectivity index (χ4n) is 1.19. The van der Waals surface area contributed by atoms with E-state index < -0.39 is 11.6 Å². The van der Waals surface area contributed by atoms with E-state index in [0.29, 0.717) is 24.9 Å². The molecule has 0 aromatic heterocycles. The number of carbonyl (C=O) groups is 1. The molecule has 0 aliphatic carbocycles. The zero-order valence-corrected chi connectivity index (χ0v) is 10.6. The first kappa shape index (κ1) is 15.3. The molecule has 0 fully saturated rings. The van der Waals surface area contributed by atoms with Gasteiger partial charge in [-0.3, -0.25) is 4.79 Å². The van der Waals surface area contributed by atoms with E-state index in [-0.39, 0.29) is 27.6 Å². The average molecular weight is 261 g/mol. The largest absolute Gasteiger partial charge is 0.356 e. The van der Waals surface area contributed by atoms with Crippen LogP contribution in [0, 0.1) is 11.6 Å². The molecule has 1 aromatic carbocycles. The van der Waals surface area contributed by atoms with Crippen LogP contribution in [0.2, 0.25) is 0 Å². The molecule has 0 radical (unpaired) electrons. The van der Waals surface area contributed by atoms with Gasteiger partial charge in [0.05, 0.1) is 0 Å². The topological polar surface area (TPSA) is 29.1 Å². The van der Waals surface area contributed by atoms with Crippen LogP contribution in [0.4, 0.5) is 8.78 Å². The minimum absolute atomic E-state index is 0. The quantitative estimate of drug-likeness (QED) is 0.825. The summed E-state index contributed by atoms with van der Waals surface area (Å²) in [6.45, 7) is 2.11. The summed E-state index contributed by atoms with van der Waals surface area (Å²) < 4.78 is 25.6. The van der Waals surface area contributed by atoms with Crippen LogP contribution in [0.3, 0.4) is 0 Å². The number of nitrogens with one attached hydrogen (secondary N) is 1. The van der Waals surface area contributed by atoms with E-state index in [1.165, 1.54) is 12.1 Å². The van der Waals surface area contributed by atoms with Gasteiger partial charge in [0, 0.05) is 40.7 Å². The third-order valence-electron chi connectivity index (χ3n) is 2.05.